The SMILES string of the molecule is CC.COCCN1CCCC(C)CC1. The molecule has 0 spiro atoms. The maximum Gasteiger partial charge on any atom is 0.0589 e. The van der Waals surface area contributed by atoms with Crippen molar-refractivity contribution in [2.24, 2.45) is 5.92 Å². The van der Waals surface area contributed by atoms with E-state index in [0.717, 1.165) is 19.1 Å². The van der Waals surface area contributed by atoms with Crippen molar-refractivity contribution in [3.05, 3.63) is 0 Å². The molecule has 0 N–H and O–H groups in total. The zero-order chi connectivity index (χ0) is 10.8. The normalized spacial score (nSPS) is 23.6. The molecule has 14 heavy (non-hydrogen) atoms. The van der Waals surface area contributed by atoms with Gasteiger partial charge < -0.3 is 9.64 Å². The minimum absolute atomic E-state index is 0.883. The standard InChI is InChI=1S/C10H21NO.C2H6/c1-10-4-3-6-11(7-5-10)8-9-12-2;1-2/h10H,3-9H2,1-2H3;1-2H3. The van der Waals surface area contributed by atoms with Crippen molar-refractivity contribution < 1.29 is 4.74 Å². The first kappa shape index (κ1) is 13.9. The van der Waals surface area contributed by atoms with Crippen molar-refractivity contribution in [1.29, 1.82) is 0 Å². The van der Waals surface area contributed by atoms with Gasteiger partial charge in [-0.1, -0.05) is 20.8 Å². The summed E-state index contributed by atoms with van der Waals surface area (Å²) in [7, 11) is 1.78. The van der Waals surface area contributed by atoms with Crippen LogP contribution in [-0.4, -0.2) is 38.3 Å². The van der Waals surface area contributed by atoms with Gasteiger partial charge >= 0.3 is 0 Å². The minimum atomic E-state index is 0.883. The Morgan fingerprint density at radius 1 is 1.21 bits per heavy atom. The van der Waals surface area contributed by atoms with Crippen LogP contribution in [0.25, 0.3) is 0 Å². The fourth-order valence-corrected chi connectivity index (χ4v) is 1.77. The summed E-state index contributed by atoms with van der Waals surface area (Å²) in [6.07, 6.45) is 4.14. The van der Waals surface area contributed by atoms with Gasteiger partial charge in [-0.3, -0.25) is 0 Å². The Hall–Kier alpha value is -0.0800. The second-order valence-corrected chi connectivity index (χ2v) is 3.87. The van der Waals surface area contributed by atoms with Gasteiger partial charge in [-0.05, 0) is 38.3 Å². The lowest BCUT2D eigenvalue weighted by molar-refractivity contribution is 0.149. The summed E-state index contributed by atoms with van der Waals surface area (Å²) < 4.78 is 5.07. The summed E-state index contributed by atoms with van der Waals surface area (Å²) in [6.45, 7) is 10.9. The summed E-state index contributed by atoms with van der Waals surface area (Å²) >= 11 is 0. The van der Waals surface area contributed by atoms with Gasteiger partial charge in [0.25, 0.3) is 0 Å². The van der Waals surface area contributed by atoms with E-state index < -0.39 is 0 Å². The van der Waals surface area contributed by atoms with Crippen LogP contribution < -0.4 is 0 Å². The molecule has 1 unspecified atom stereocenters. The van der Waals surface area contributed by atoms with Gasteiger partial charge in [-0.2, -0.15) is 0 Å². The Labute approximate surface area is 89.6 Å². The molecule has 0 radical (unpaired) electrons. The summed E-state index contributed by atoms with van der Waals surface area (Å²) in [5, 5.41) is 0. The summed E-state index contributed by atoms with van der Waals surface area (Å²) in [5.41, 5.74) is 0. The van der Waals surface area contributed by atoms with Crippen molar-refractivity contribution in [3.63, 3.8) is 0 Å². The van der Waals surface area contributed by atoms with E-state index in [1.807, 2.05) is 13.8 Å². The fraction of sp³-hybridized carbons (Fsp3) is 1.00. The van der Waals surface area contributed by atoms with Gasteiger partial charge in [0.15, 0.2) is 0 Å². The molecule has 0 bridgehead atoms. The smallest absolute Gasteiger partial charge is 0.0589 e. The third kappa shape index (κ3) is 6.39. The van der Waals surface area contributed by atoms with E-state index in [9.17, 15) is 0 Å². The molecule has 0 aromatic heterocycles. The summed E-state index contributed by atoms with van der Waals surface area (Å²) in [5.74, 6) is 0.928. The quantitative estimate of drug-likeness (QED) is 0.696. The number of methoxy groups -OCH3 is 1. The molecule has 1 rings (SSSR count). The van der Waals surface area contributed by atoms with Crippen LogP contribution in [0.4, 0.5) is 0 Å². The van der Waals surface area contributed by atoms with Crippen LogP contribution in [0.5, 0.6) is 0 Å². The molecule has 1 aliphatic heterocycles. The monoisotopic (exact) mass is 201 g/mol. The molecule has 0 aromatic rings. The number of likely N-dealkylation sites (tertiary alicyclic amines) is 1. The van der Waals surface area contributed by atoms with E-state index in [4.69, 9.17) is 4.74 Å². The summed E-state index contributed by atoms with van der Waals surface area (Å²) in [6, 6.07) is 0. The number of rotatable bonds is 3. The molecule has 0 saturated carbocycles. The molecule has 1 fully saturated rings. The van der Waals surface area contributed by atoms with Gasteiger partial charge in [0.2, 0.25) is 0 Å². The van der Waals surface area contributed by atoms with Crippen LogP contribution in [0.1, 0.15) is 40.0 Å². The lowest BCUT2D eigenvalue weighted by atomic mass is 10.0. The van der Waals surface area contributed by atoms with Gasteiger partial charge in [0.1, 0.15) is 0 Å². The average Bonchev–Trinajstić information content (AvgIpc) is 2.43. The summed E-state index contributed by atoms with van der Waals surface area (Å²) in [4.78, 5) is 2.52. The minimum Gasteiger partial charge on any atom is -0.383 e. The van der Waals surface area contributed by atoms with Crippen molar-refractivity contribution in [2.45, 2.75) is 40.0 Å². The van der Waals surface area contributed by atoms with Gasteiger partial charge in [-0.15, -0.1) is 0 Å². The van der Waals surface area contributed by atoms with Gasteiger partial charge in [-0.25, -0.2) is 0 Å². The molecule has 2 heteroatoms. The van der Waals surface area contributed by atoms with Crippen molar-refractivity contribution >= 4 is 0 Å². The lowest BCUT2D eigenvalue weighted by Gasteiger charge is -2.18. The Balaban J connectivity index is 0.000000791. The first-order valence-corrected chi connectivity index (χ1v) is 6.04. The predicted octanol–water partition coefficient (Wildman–Crippen LogP) is 2.78. The number of nitrogens with zero attached hydrogens (tertiary/aromatic N) is 1. The second kappa shape index (κ2) is 9.47. The van der Waals surface area contributed by atoms with E-state index in [2.05, 4.69) is 11.8 Å². The zero-order valence-corrected chi connectivity index (χ0v) is 10.4. The first-order chi connectivity index (χ1) is 6.83. The largest absolute Gasteiger partial charge is 0.383 e. The van der Waals surface area contributed by atoms with Gasteiger partial charge in [0, 0.05) is 13.7 Å². The Kier molecular flexibility index (Phi) is 9.42. The van der Waals surface area contributed by atoms with E-state index in [1.165, 1.54) is 32.4 Å². The Bertz CT molecular complexity index is 115. The van der Waals surface area contributed by atoms with Crippen LogP contribution in [0.2, 0.25) is 0 Å². The first-order valence-electron chi connectivity index (χ1n) is 6.04. The molecule has 1 saturated heterocycles. The second-order valence-electron chi connectivity index (χ2n) is 3.87. The Morgan fingerprint density at radius 2 is 1.93 bits per heavy atom. The van der Waals surface area contributed by atoms with Gasteiger partial charge in [0.05, 0.1) is 6.61 Å². The van der Waals surface area contributed by atoms with Crippen molar-refractivity contribution in [1.82, 2.24) is 4.90 Å². The van der Waals surface area contributed by atoms with E-state index >= 15 is 0 Å². The maximum atomic E-state index is 5.07. The third-order valence-electron chi connectivity index (χ3n) is 2.72. The fourth-order valence-electron chi connectivity index (χ4n) is 1.77. The van der Waals surface area contributed by atoms with E-state index in [0.29, 0.717) is 0 Å². The highest BCUT2D eigenvalue weighted by molar-refractivity contribution is 4.66. The maximum absolute atomic E-state index is 5.07. The van der Waals surface area contributed by atoms with Crippen LogP contribution >= 0.6 is 0 Å². The van der Waals surface area contributed by atoms with E-state index in [1.54, 1.807) is 7.11 Å². The van der Waals surface area contributed by atoms with E-state index in [-0.39, 0.29) is 0 Å². The van der Waals surface area contributed by atoms with Crippen LogP contribution in [-0.2, 0) is 4.74 Å². The van der Waals surface area contributed by atoms with Crippen molar-refractivity contribution in [3.8, 4) is 0 Å². The molecule has 0 amide bonds. The molecule has 0 aromatic carbocycles. The zero-order valence-electron chi connectivity index (χ0n) is 10.4. The molecule has 86 valence electrons. The Morgan fingerprint density at radius 3 is 2.57 bits per heavy atom. The molecule has 1 atom stereocenters. The predicted molar refractivity (Wildman–Crippen MR) is 62.7 cm³/mol. The molecular formula is C12H27NO. The number of hydrogen-bond donors (Lipinski definition) is 0. The van der Waals surface area contributed by atoms with Crippen molar-refractivity contribution in [2.75, 3.05) is 33.4 Å². The number of ether oxygens (including phenoxy) is 1. The average molecular weight is 201 g/mol. The topological polar surface area (TPSA) is 12.5 Å². The third-order valence-corrected chi connectivity index (χ3v) is 2.72. The number of hydrogen-bond acceptors (Lipinski definition) is 2. The molecule has 0 aliphatic carbocycles. The van der Waals surface area contributed by atoms with Crippen LogP contribution in [0.15, 0.2) is 0 Å². The highest BCUT2D eigenvalue weighted by atomic mass is 16.5. The lowest BCUT2D eigenvalue weighted by Crippen LogP contribution is -2.28. The highest BCUT2D eigenvalue weighted by Gasteiger charge is 2.12. The molecule has 1 aliphatic rings. The van der Waals surface area contributed by atoms with Crippen LogP contribution in [0.3, 0.4) is 0 Å². The highest BCUT2D eigenvalue weighted by Crippen LogP contribution is 2.15. The molecule has 1 heterocycles. The molecule has 2 nitrogen and oxygen atoms in total. The van der Waals surface area contributed by atoms with Crippen LogP contribution in [0, 0.1) is 5.92 Å². The molecular weight excluding hydrogens is 174 g/mol.